The summed E-state index contributed by atoms with van der Waals surface area (Å²) >= 11 is 0. The van der Waals surface area contributed by atoms with Gasteiger partial charge >= 0.3 is 0 Å². The summed E-state index contributed by atoms with van der Waals surface area (Å²) in [5.74, 6) is 0.139. The fourth-order valence-electron chi connectivity index (χ4n) is 2.72. The van der Waals surface area contributed by atoms with E-state index < -0.39 is 0 Å². The molecule has 126 valence electrons. The molecule has 1 heterocycles. The van der Waals surface area contributed by atoms with Gasteiger partial charge in [0, 0.05) is 37.9 Å². The van der Waals surface area contributed by atoms with E-state index in [4.69, 9.17) is 0 Å². The molecule has 1 aliphatic rings. The van der Waals surface area contributed by atoms with Crippen molar-refractivity contribution >= 4 is 23.2 Å². The van der Waals surface area contributed by atoms with Crippen molar-refractivity contribution in [1.29, 1.82) is 0 Å². The van der Waals surface area contributed by atoms with Gasteiger partial charge in [-0.2, -0.15) is 0 Å². The van der Waals surface area contributed by atoms with Crippen LogP contribution in [0.15, 0.2) is 24.3 Å². The van der Waals surface area contributed by atoms with E-state index in [2.05, 4.69) is 10.2 Å². The topological polar surface area (TPSA) is 52.7 Å². The molecule has 23 heavy (non-hydrogen) atoms. The van der Waals surface area contributed by atoms with Crippen molar-refractivity contribution in [2.45, 2.75) is 33.6 Å². The highest BCUT2D eigenvalue weighted by Crippen LogP contribution is 2.24. The van der Waals surface area contributed by atoms with Gasteiger partial charge in [0.1, 0.15) is 6.54 Å². The van der Waals surface area contributed by atoms with Gasteiger partial charge in [-0.3, -0.25) is 9.59 Å². The highest BCUT2D eigenvalue weighted by atomic mass is 16.2. The van der Waals surface area contributed by atoms with Crippen LogP contribution in [0.1, 0.15) is 33.6 Å². The maximum atomic E-state index is 12.0. The average Bonchev–Trinajstić information content (AvgIpc) is 3.05. The molecule has 0 aromatic heterocycles. The van der Waals surface area contributed by atoms with E-state index in [0.29, 0.717) is 12.5 Å². The summed E-state index contributed by atoms with van der Waals surface area (Å²) in [6.45, 7) is 8.44. The summed E-state index contributed by atoms with van der Waals surface area (Å²) < 4.78 is 0. The van der Waals surface area contributed by atoms with E-state index in [0.717, 1.165) is 18.8 Å². The Morgan fingerprint density at radius 3 is 2.30 bits per heavy atom. The minimum atomic E-state index is -0.127. The molecule has 1 aliphatic heterocycles. The van der Waals surface area contributed by atoms with Crippen molar-refractivity contribution in [3.8, 4) is 0 Å². The lowest BCUT2D eigenvalue weighted by Crippen LogP contribution is -2.40. The third kappa shape index (κ3) is 4.98. The number of nitrogens with one attached hydrogen (secondary N) is 1. The van der Waals surface area contributed by atoms with Crippen molar-refractivity contribution in [3.05, 3.63) is 24.3 Å². The molecule has 1 aromatic rings. The summed E-state index contributed by atoms with van der Waals surface area (Å²) in [4.78, 5) is 27.8. The normalized spacial score (nSPS) is 14.2. The van der Waals surface area contributed by atoms with E-state index in [9.17, 15) is 9.59 Å². The molecule has 2 amide bonds. The van der Waals surface area contributed by atoms with Gasteiger partial charge in [0.25, 0.3) is 0 Å². The van der Waals surface area contributed by atoms with Crippen LogP contribution < -0.4 is 15.1 Å². The summed E-state index contributed by atoms with van der Waals surface area (Å²) in [5.41, 5.74) is 1.94. The lowest BCUT2D eigenvalue weighted by Gasteiger charge is -2.23. The molecule has 1 aromatic carbocycles. The first-order chi connectivity index (χ1) is 11.0. The quantitative estimate of drug-likeness (QED) is 0.876. The van der Waals surface area contributed by atoms with Gasteiger partial charge < -0.3 is 15.1 Å². The van der Waals surface area contributed by atoms with Crippen LogP contribution in [0.3, 0.4) is 0 Å². The molecule has 1 saturated heterocycles. The number of hydrogen-bond acceptors (Lipinski definition) is 3. The molecule has 5 nitrogen and oxygen atoms in total. The average molecular weight is 317 g/mol. The second-order valence-electron chi connectivity index (χ2n) is 6.51. The first-order valence-corrected chi connectivity index (χ1v) is 8.37. The van der Waals surface area contributed by atoms with Crippen LogP contribution in [0.4, 0.5) is 11.4 Å². The van der Waals surface area contributed by atoms with Crippen LogP contribution in [-0.4, -0.2) is 38.0 Å². The van der Waals surface area contributed by atoms with Gasteiger partial charge in [-0.15, -0.1) is 0 Å². The van der Waals surface area contributed by atoms with Gasteiger partial charge in [0.2, 0.25) is 11.8 Å². The third-order valence-electron chi connectivity index (χ3n) is 4.02. The molecular weight excluding hydrogens is 290 g/mol. The zero-order valence-electron chi connectivity index (χ0n) is 14.3. The van der Waals surface area contributed by atoms with E-state index in [1.807, 2.05) is 38.1 Å². The predicted molar refractivity (Wildman–Crippen MR) is 93.8 cm³/mol. The number of carbonyl (C=O) groups is 2. The monoisotopic (exact) mass is 317 g/mol. The number of rotatable bonds is 6. The fourth-order valence-corrected chi connectivity index (χ4v) is 2.72. The standard InChI is InChI=1S/C18H27N3O2/c1-14(2)12-19-18(23)13-21(15(3)22)17-8-6-16(7-9-17)20-10-4-5-11-20/h6-9,14H,4-5,10-13H2,1-3H3,(H,19,23). The van der Waals surface area contributed by atoms with E-state index in [-0.39, 0.29) is 18.4 Å². The Labute approximate surface area is 138 Å². The minimum Gasteiger partial charge on any atom is -0.372 e. The molecule has 0 unspecified atom stereocenters. The first kappa shape index (κ1) is 17.3. The molecular formula is C18H27N3O2. The van der Waals surface area contributed by atoms with Crippen molar-refractivity contribution < 1.29 is 9.59 Å². The number of carbonyl (C=O) groups excluding carboxylic acids is 2. The van der Waals surface area contributed by atoms with Crippen molar-refractivity contribution in [1.82, 2.24) is 5.32 Å². The van der Waals surface area contributed by atoms with Gasteiger partial charge in [-0.25, -0.2) is 0 Å². The Morgan fingerprint density at radius 2 is 1.78 bits per heavy atom. The second kappa shape index (κ2) is 7.99. The Kier molecular flexibility index (Phi) is 6.02. The van der Waals surface area contributed by atoms with Crippen molar-refractivity contribution in [2.75, 3.05) is 36.0 Å². The summed E-state index contributed by atoms with van der Waals surface area (Å²) in [6.07, 6.45) is 2.47. The Balaban J connectivity index is 2.02. The Morgan fingerprint density at radius 1 is 1.17 bits per heavy atom. The third-order valence-corrected chi connectivity index (χ3v) is 4.02. The van der Waals surface area contributed by atoms with Crippen LogP contribution in [0.5, 0.6) is 0 Å². The number of benzene rings is 1. The fraction of sp³-hybridized carbons (Fsp3) is 0.556. The molecule has 5 heteroatoms. The lowest BCUT2D eigenvalue weighted by molar-refractivity contribution is -0.123. The lowest BCUT2D eigenvalue weighted by atomic mass is 10.2. The molecule has 1 fully saturated rings. The summed E-state index contributed by atoms with van der Waals surface area (Å²) in [5, 5.41) is 2.85. The smallest absolute Gasteiger partial charge is 0.240 e. The Hall–Kier alpha value is -2.04. The van der Waals surface area contributed by atoms with Gasteiger partial charge in [-0.05, 0) is 43.0 Å². The molecule has 0 atom stereocenters. The summed E-state index contributed by atoms with van der Waals surface area (Å²) in [7, 11) is 0. The maximum absolute atomic E-state index is 12.0. The summed E-state index contributed by atoms with van der Waals surface area (Å²) in [6, 6.07) is 7.90. The highest BCUT2D eigenvalue weighted by Gasteiger charge is 2.17. The van der Waals surface area contributed by atoms with Crippen LogP contribution in [0.2, 0.25) is 0 Å². The first-order valence-electron chi connectivity index (χ1n) is 8.37. The molecule has 0 spiro atoms. The van der Waals surface area contributed by atoms with Gasteiger partial charge in [0.05, 0.1) is 0 Å². The predicted octanol–water partition coefficient (Wildman–Crippen LogP) is 2.41. The van der Waals surface area contributed by atoms with Crippen molar-refractivity contribution in [2.24, 2.45) is 5.92 Å². The van der Waals surface area contributed by atoms with Crippen LogP contribution in [-0.2, 0) is 9.59 Å². The Bertz CT molecular complexity index is 534. The van der Waals surface area contributed by atoms with E-state index in [1.54, 1.807) is 0 Å². The zero-order valence-corrected chi connectivity index (χ0v) is 14.3. The number of nitrogens with zero attached hydrogens (tertiary/aromatic N) is 2. The van der Waals surface area contributed by atoms with Gasteiger partial charge in [0.15, 0.2) is 0 Å². The second-order valence-corrected chi connectivity index (χ2v) is 6.51. The molecule has 0 radical (unpaired) electrons. The minimum absolute atomic E-state index is 0.0606. The highest BCUT2D eigenvalue weighted by molar-refractivity contribution is 5.97. The van der Waals surface area contributed by atoms with Crippen LogP contribution >= 0.6 is 0 Å². The molecule has 2 rings (SSSR count). The maximum Gasteiger partial charge on any atom is 0.240 e. The van der Waals surface area contributed by atoms with Crippen molar-refractivity contribution in [3.63, 3.8) is 0 Å². The molecule has 0 saturated carbocycles. The van der Waals surface area contributed by atoms with E-state index >= 15 is 0 Å². The molecule has 0 aliphatic carbocycles. The molecule has 0 bridgehead atoms. The molecule has 1 N–H and O–H groups in total. The number of amides is 2. The van der Waals surface area contributed by atoms with Crippen LogP contribution in [0, 0.1) is 5.92 Å². The SMILES string of the molecule is CC(=O)N(CC(=O)NCC(C)C)c1ccc(N2CCCC2)cc1. The largest absolute Gasteiger partial charge is 0.372 e. The van der Waals surface area contributed by atoms with Crippen LogP contribution in [0.25, 0.3) is 0 Å². The number of hydrogen-bond donors (Lipinski definition) is 1. The zero-order chi connectivity index (χ0) is 16.8. The number of anilines is 2. The van der Waals surface area contributed by atoms with Gasteiger partial charge in [-0.1, -0.05) is 13.8 Å². The van der Waals surface area contributed by atoms with E-state index in [1.165, 1.54) is 30.4 Å².